The number of hydrogen-bond acceptors (Lipinski definition) is 3. The molecule has 0 N–H and O–H groups in total. The molecule has 20 heavy (non-hydrogen) atoms. The fourth-order valence-corrected chi connectivity index (χ4v) is 2.74. The molecule has 0 aliphatic heterocycles. The van der Waals surface area contributed by atoms with Crippen LogP contribution in [0, 0.1) is 0 Å². The number of benzene rings is 2. The first-order valence-electron chi connectivity index (χ1n) is 6.34. The Morgan fingerprint density at radius 2 is 1.95 bits per heavy atom. The van der Waals surface area contributed by atoms with E-state index >= 15 is 0 Å². The van der Waals surface area contributed by atoms with Crippen LogP contribution in [0.25, 0.3) is 0 Å². The summed E-state index contributed by atoms with van der Waals surface area (Å²) in [4.78, 5) is 13.2. The van der Waals surface area contributed by atoms with Crippen molar-refractivity contribution in [1.29, 1.82) is 0 Å². The lowest BCUT2D eigenvalue weighted by molar-refractivity contribution is 0.102. The Balaban J connectivity index is 2.00. The van der Waals surface area contributed by atoms with Crippen molar-refractivity contribution >= 4 is 29.1 Å². The van der Waals surface area contributed by atoms with Gasteiger partial charge in [-0.15, -0.1) is 11.8 Å². The van der Waals surface area contributed by atoms with E-state index in [1.807, 2.05) is 37.3 Å². The summed E-state index contributed by atoms with van der Waals surface area (Å²) in [6, 6.07) is 15.0. The predicted octanol–water partition coefficient (Wildman–Crippen LogP) is 4.71. The van der Waals surface area contributed by atoms with Crippen molar-refractivity contribution in [2.75, 3.05) is 12.4 Å². The van der Waals surface area contributed by atoms with Gasteiger partial charge in [0.15, 0.2) is 5.78 Å². The van der Waals surface area contributed by atoms with Crippen LogP contribution in [0.4, 0.5) is 0 Å². The molecule has 0 aromatic heterocycles. The largest absolute Gasteiger partial charge is 0.492 e. The van der Waals surface area contributed by atoms with Crippen molar-refractivity contribution in [3.05, 3.63) is 59.1 Å². The molecule has 2 aromatic rings. The first kappa shape index (κ1) is 14.9. The molecule has 0 spiro atoms. The number of halogens is 1. The normalized spacial score (nSPS) is 10.3. The molecule has 104 valence electrons. The van der Waals surface area contributed by atoms with Crippen molar-refractivity contribution in [2.24, 2.45) is 0 Å². The minimum Gasteiger partial charge on any atom is -0.492 e. The van der Waals surface area contributed by atoms with Crippen molar-refractivity contribution in [3.8, 4) is 5.75 Å². The Labute approximate surface area is 128 Å². The number of hydrogen-bond donors (Lipinski definition) is 0. The first-order valence-corrected chi connectivity index (χ1v) is 7.70. The highest BCUT2D eigenvalue weighted by Gasteiger charge is 2.10. The molecular weight excluding hydrogens is 292 g/mol. The summed E-state index contributed by atoms with van der Waals surface area (Å²) in [6.07, 6.45) is 0. The third-order valence-corrected chi connectivity index (χ3v) is 3.97. The van der Waals surface area contributed by atoms with Gasteiger partial charge in [-0.1, -0.05) is 29.8 Å². The van der Waals surface area contributed by atoms with E-state index in [0.717, 1.165) is 4.90 Å². The third-order valence-electron chi connectivity index (χ3n) is 2.67. The van der Waals surface area contributed by atoms with E-state index in [4.69, 9.17) is 16.3 Å². The van der Waals surface area contributed by atoms with Crippen LogP contribution >= 0.6 is 23.4 Å². The van der Waals surface area contributed by atoms with Gasteiger partial charge in [-0.2, -0.15) is 0 Å². The van der Waals surface area contributed by atoms with Crippen LogP contribution in [0.2, 0.25) is 5.02 Å². The highest BCUT2D eigenvalue weighted by molar-refractivity contribution is 8.00. The third kappa shape index (κ3) is 4.02. The van der Waals surface area contributed by atoms with Crippen LogP contribution in [-0.2, 0) is 0 Å². The van der Waals surface area contributed by atoms with Gasteiger partial charge in [0.05, 0.1) is 17.4 Å². The van der Waals surface area contributed by atoms with Gasteiger partial charge in [0.1, 0.15) is 5.75 Å². The lowest BCUT2D eigenvalue weighted by atomic mass is 10.1. The van der Waals surface area contributed by atoms with E-state index in [0.29, 0.717) is 28.7 Å². The Hall–Kier alpha value is -1.45. The molecular formula is C16H15ClO2S. The van der Waals surface area contributed by atoms with Crippen molar-refractivity contribution < 1.29 is 9.53 Å². The molecule has 0 saturated heterocycles. The van der Waals surface area contributed by atoms with Gasteiger partial charge in [-0.25, -0.2) is 0 Å². The molecule has 4 heteroatoms. The maximum atomic E-state index is 12.1. The zero-order valence-corrected chi connectivity index (χ0v) is 12.7. The minimum absolute atomic E-state index is 0.0591. The topological polar surface area (TPSA) is 26.3 Å². The van der Waals surface area contributed by atoms with E-state index in [1.54, 1.807) is 18.2 Å². The quantitative estimate of drug-likeness (QED) is 0.571. The second-order valence-electron chi connectivity index (χ2n) is 4.10. The van der Waals surface area contributed by atoms with E-state index < -0.39 is 0 Å². The monoisotopic (exact) mass is 306 g/mol. The summed E-state index contributed by atoms with van der Waals surface area (Å²) >= 11 is 7.61. The Morgan fingerprint density at radius 1 is 1.20 bits per heavy atom. The van der Waals surface area contributed by atoms with E-state index in [9.17, 15) is 4.79 Å². The highest BCUT2D eigenvalue weighted by atomic mass is 35.5. The van der Waals surface area contributed by atoms with Crippen LogP contribution in [-0.4, -0.2) is 18.1 Å². The lowest BCUT2D eigenvalue weighted by Crippen LogP contribution is -2.03. The highest BCUT2D eigenvalue weighted by Crippen LogP contribution is 2.26. The first-order chi connectivity index (χ1) is 9.70. The average Bonchev–Trinajstić information content (AvgIpc) is 2.48. The number of thioether (sulfide) groups is 1. The number of rotatable bonds is 6. The molecule has 0 atom stereocenters. The molecule has 2 nitrogen and oxygen atoms in total. The molecule has 0 saturated carbocycles. The molecule has 0 aliphatic rings. The average molecular weight is 307 g/mol. The molecule has 0 amide bonds. The van der Waals surface area contributed by atoms with Crippen LogP contribution in [0.15, 0.2) is 53.4 Å². The molecule has 0 aliphatic carbocycles. The fraction of sp³-hybridized carbons (Fsp3) is 0.188. The van der Waals surface area contributed by atoms with Gasteiger partial charge in [-0.05, 0) is 37.3 Å². The summed E-state index contributed by atoms with van der Waals surface area (Å²) in [6.45, 7) is 2.45. The van der Waals surface area contributed by atoms with Crippen LogP contribution in [0.1, 0.15) is 17.3 Å². The van der Waals surface area contributed by atoms with Crippen LogP contribution < -0.4 is 4.74 Å². The van der Waals surface area contributed by atoms with Crippen molar-refractivity contribution in [3.63, 3.8) is 0 Å². The van der Waals surface area contributed by atoms with Gasteiger partial charge >= 0.3 is 0 Å². The zero-order chi connectivity index (χ0) is 14.4. The SMILES string of the molecule is CCOc1ccc(C(=O)CSc2ccccc2)cc1Cl. The molecule has 0 radical (unpaired) electrons. The molecule has 0 fully saturated rings. The summed E-state index contributed by atoms with van der Waals surface area (Å²) in [7, 11) is 0. The van der Waals surface area contributed by atoms with Gasteiger partial charge < -0.3 is 4.74 Å². The second-order valence-corrected chi connectivity index (χ2v) is 5.56. The number of carbonyl (C=O) groups excluding carboxylic acids is 1. The second kappa shape index (κ2) is 7.36. The number of carbonyl (C=O) groups is 1. The maximum Gasteiger partial charge on any atom is 0.173 e. The van der Waals surface area contributed by atoms with Crippen LogP contribution in [0.5, 0.6) is 5.75 Å². The Morgan fingerprint density at radius 3 is 2.60 bits per heavy atom. The van der Waals surface area contributed by atoms with Gasteiger partial charge in [0.2, 0.25) is 0 Å². The molecule has 0 bridgehead atoms. The standard InChI is InChI=1S/C16H15ClO2S/c1-2-19-16-9-8-12(10-14(16)17)15(18)11-20-13-6-4-3-5-7-13/h3-10H,2,11H2,1H3. The predicted molar refractivity (Wildman–Crippen MR) is 84.1 cm³/mol. The lowest BCUT2D eigenvalue weighted by Gasteiger charge is -2.07. The van der Waals surface area contributed by atoms with E-state index in [2.05, 4.69) is 0 Å². The van der Waals surface area contributed by atoms with E-state index in [-0.39, 0.29) is 5.78 Å². The van der Waals surface area contributed by atoms with Gasteiger partial charge in [0.25, 0.3) is 0 Å². The molecule has 0 unspecified atom stereocenters. The minimum atomic E-state index is 0.0591. The van der Waals surface area contributed by atoms with E-state index in [1.165, 1.54) is 11.8 Å². The Kier molecular flexibility index (Phi) is 5.50. The van der Waals surface area contributed by atoms with Gasteiger partial charge in [-0.3, -0.25) is 4.79 Å². The summed E-state index contributed by atoms with van der Waals surface area (Å²) in [5.74, 6) is 1.07. The van der Waals surface area contributed by atoms with Crippen molar-refractivity contribution in [1.82, 2.24) is 0 Å². The van der Waals surface area contributed by atoms with Gasteiger partial charge in [0, 0.05) is 10.5 Å². The summed E-state index contributed by atoms with van der Waals surface area (Å²) < 4.78 is 5.35. The summed E-state index contributed by atoms with van der Waals surface area (Å²) in [5, 5.41) is 0.474. The maximum absolute atomic E-state index is 12.1. The fourth-order valence-electron chi connectivity index (χ4n) is 1.70. The summed E-state index contributed by atoms with van der Waals surface area (Å²) in [5.41, 5.74) is 0.613. The zero-order valence-electron chi connectivity index (χ0n) is 11.1. The Bertz CT molecular complexity index is 584. The smallest absolute Gasteiger partial charge is 0.173 e. The molecule has 0 heterocycles. The van der Waals surface area contributed by atoms with Crippen molar-refractivity contribution in [2.45, 2.75) is 11.8 Å². The molecule has 2 aromatic carbocycles. The number of ketones is 1. The number of ether oxygens (including phenoxy) is 1. The van der Waals surface area contributed by atoms with Crippen LogP contribution in [0.3, 0.4) is 0 Å². The molecule has 2 rings (SSSR count). The number of Topliss-reactive ketones (excluding diaryl/α,β-unsaturated/α-hetero) is 1.